The molecule has 0 fully saturated rings. The van der Waals surface area contributed by atoms with E-state index in [9.17, 15) is 10.2 Å². The average Bonchev–Trinajstić information content (AvgIpc) is 2.20. The lowest BCUT2D eigenvalue weighted by molar-refractivity contribution is 0.469. The molecule has 0 atom stereocenters. The number of aromatic hydroxyl groups is 2. The van der Waals surface area contributed by atoms with E-state index in [-0.39, 0.29) is 38.5 Å². The van der Waals surface area contributed by atoms with Crippen molar-refractivity contribution in [3.63, 3.8) is 0 Å². The molecule has 2 rings (SSSR count). The summed E-state index contributed by atoms with van der Waals surface area (Å²) < 4.78 is 0. The van der Waals surface area contributed by atoms with E-state index in [1.807, 2.05) is 12.1 Å². The molecule has 2 aromatic carbocycles. The van der Waals surface area contributed by atoms with Gasteiger partial charge in [-0.15, -0.1) is 0 Å². The van der Waals surface area contributed by atoms with E-state index in [1.165, 1.54) is 0 Å². The zero-order valence-electron chi connectivity index (χ0n) is 8.51. The Morgan fingerprint density at radius 3 is 1.19 bits per heavy atom. The van der Waals surface area contributed by atoms with Gasteiger partial charge in [-0.2, -0.15) is 27.0 Å². The van der Waals surface area contributed by atoms with E-state index < -0.39 is 0 Å². The number of hydrogen-bond acceptors (Lipinski definition) is 2. The van der Waals surface area contributed by atoms with Crippen LogP contribution in [-0.4, -0.2) is 10.2 Å². The van der Waals surface area contributed by atoms with Crippen LogP contribution in [-0.2, 0) is 0 Å². The monoisotopic (exact) mass is 254 g/mol. The minimum atomic E-state index is 0. The summed E-state index contributed by atoms with van der Waals surface area (Å²) in [7, 11) is 0. The van der Waals surface area contributed by atoms with E-state index in [2.05, 4.69) is 0 Å². The van der Waals surface area contributed by atoms with Gasteiger partial charge in [-0.3, -0.25) is 0 Å². The quantitative estimate of drug-likeness (QED) is 0.821. The number of para-hydroxylation sites is 2. The summed E-state index contributed by atoms with van der Waals surface area (Å²) >= 11 is 0. The lowest BCUT2D eigenvalue weighted by Crippen LogP contribution is -1.79. The molecule has 0 spiro atoms. The average molecular weight is 254 g/mol. The SMILES string of the molecule is Oc1ccccc1-c1ccccc1O.S.S. The third kappa shape index (κ3) is 2.87. The van der Waals surface area contributed by atoms with E-state index in [0.717, 1.165) is 0 Å². The summed E-state index contributed by atoms with van der Waals surface area (Å²) in [5.74, 6) is 0.350. The molecule has 16 heavy (non-hydrogen) atoms. The molecule has 0 bridgehead atoms. The van der Waals surface area contributed by atoms with Gasteiger partial charge in [0.15, 0.2) is 0 Å². The Balaban J connectivity index is 0.00000112. The molecule has 0 saturated carbocycles. The summed E-state index contributed by atoms with van der Waals surface area (Å²) in [6.45, 7) is 0. The van der Waals surface area contributed by atoms with Crippen molar-refractivity contribution in [2.45, 2.75) is 0 Å². The standard InChI is InChI=1S/C12H10O2.2H2S/c13-11-7-3-1-5-9(11)10-6-2-4-8-12(10)14;;/h1-8,13-14H;2*1H2. The molecule has 0 aliphatic heterocycles. The molecule has 0 heterocycles. The van der Waals surface area contributed by atoms with Crippen molar-refractivity contribution in [3.05, 3.63) is 48.5 Å². The number of hydrogen-bond donors (Lipinski definition) is 2. The van der Waals surface area contributed by atoms with Crippen molar-refractivity contribution in [1.82, 2.24) is 0 Å². The van der Waals surface area contributed by atoms with Crippen molar-refractivity contribution in [1.29, 1.82) is 0 Å². The molecule has 86 valence electrons. The van der Waals surface area contributed by atoms with Crippen molar-refractivity contribution in [2.24, 2.45) is 0 Å². The minimum Gasteiger partial charge on any atom is -0.507 e. The van der Waals surface area contributed by atoms with Crippen molar-refractivity contribution >= 4 is 27.0 Å². The molecule has 0 unspecified atom stereocenters. The van der Waals surface area contributed by atoms with Crippen LogP contribution < -0.4 is 0 Å². The summed E-state index contributed by atoms with van der Waals surface area (Å²) in [4.78, 5) is 0. The first-order chi connectivity index (χ1) is 6.79. The third-order valence-electron chi connectivity index (χ3n) is 2.10. The normalized spacial score (nSPS) is 8.75. The van der Waals surface area contributed by atoms with E-state index in [4.69, 9.17) is 0 Å². The Kier molecular flexibility index (Phi) is 5.85. The van der Waals surface area contributed by atoms with Gasteiger partial charge in [0.05, 0.1) is 0 Å². The first-order valence-corrected chi connectivity index (χ1v) is 4.35. The van der Waals surface area contributed by atoms with Gasteiger partial charge in [0.25, 0.3) is 0 Å². The maximum Gasteiger partial charge on any atom is 0.123 e. The molecular formula is C12H14O2S2. The summed E-state index contributed by atoms with van der Waals surface area (Å²) in [5, 5.41) is 19.2. The van der Waals surface area contributed by atoms with Crippen LogP contribution in [0.3, 0.4) is 0 Å². The van der Waals surface area contributed by atoms with Crippen LogP contribution >= 0.6 is 27.0 Å². The third-order valence-corrected chi connectivity index (χ3v) is 2.10. The van der Waals surface area contributed by atoms with Gasteiger partial charge in [0.2, 0.25) is 0 Å². The molecule has 0 aromatic heterocycles. The lowest BCUT2D eigenvalue weighted by Gasteiger charge is -2.05. The predicted molar refractivity (Wildman–Crippen MR) is 76.0 cm³/mol. The van der Waals surface area contributed by atoms with E-state index >= 15 is 0 Å². The second-order valence-corrected chi connectivity index (χ2v) is 3.03. The molecule has 0 amide bonds. The van der Waals surface area contributed by atoms with Crippen LogP contribution in [0.25, 0.3) is 11.1 Å². The van der Waals surface area contributed by atoms with Crippen molar-refractivity contribution < 1.29 is 10.2 Å². The van der Waals surface area contributed by atoms with Gasteiger partial charge in [0, 0.05) is 11.1 Å². The number of phenols is 2. The summed E-state index contributed by atoms with van der Waals surface area (Å²) in [6.07, 6.45) is 0. The fourth-order valence-corrected chi connectivity index (χ4v) is 1.40. The zero-order valence-corrected chi connectivity index (χ0v) is 10.5. The van der Waals surface area contributed by atoms with Crippen molar-refractivity contribution in [3.8, 4) is 22.6 Å². The van der Waals surface area contributed by atoms with Crippen LogP contribution in [0.2, 0.25) is 0 Å². The van der Waals surface area contributed by atoms with E-state index in [1.54, 1.807) is 36.4 Å². The largest absolute Gasteiger partial charge is 0.507 e. The van der Waals surface area contributed by atoms with Gasteiger partial charge in [0.1, 0.15) is 11.5 Å². The summed E-state index contributed by atoms with van der Waals surface area (Å²) in [5.41, 5.74) is 1.29. The van der Waals surface area contributed by atoms with Gasteiger partial charge in [-0.05, 0) is 12.1 Å². The topological polar surface area (TPSA) is 40.5 Å². The molecule has 0 aliphatic carbocycles. The van der Waals surface area contributed by atoms with Gasteiger partial charge < -0.3 is 10.2 Å². The Bertz CT molecular complexity index is 415. The highest BCUT2D eigenvalue weighted by Crippen LogP contribution is 2.34. The lowest BCUT2D eigenvalue weighted by atomic mass is 10.0. The Morgan fingerprint density at radius 1 is 0.562 bits per heavy atom. The fourth-order valence-electron chi connectivity index (χ4n) is 1.40. The fraction of sp³-hybridized carbons (Fsp3) is 0. The molecule has 0 radical (unpaired) electrons. The maximum absolute atomic E-state index is 9.58. The highest BCUT2D eigenvalue weighted by atomic mass is 32.1. The van der Waals surface area contributed by atoms with E-state index in [0.29, 0.717) is 11.1 Å². The zero-order chi connectivity index (χ0) is 9.97. The van der Waals surface area contributed by atoms with Gasteiger partial charge in [-0.25, -0.2) is 0 Å². The number of benzene rings is 2. The Hall–Kier alpha value is -1.26. The first-order valence-electron chi connectivity index (χ1n) is 4.35. The Morgan fingerprint density at radius 2 is 0.875 bits per heavy atom. The molecule has 0 aliphatic rings. The minimum absolute atomic E-state index is 0. The van der Waals surface area contributed by atoms with Crippen LogP contribution in [0.5, 0.6) is 11.5 Å². The highest BCUT2D eigenvalue weighted by Gasteiger charge is 2.06. The molecule has 2 nitrogen and oxygen atoms in total. The van der Waals surface area contributed by atoms with Crippen LogP contribution in [0.1, 0.15) is 0 Å². The number of phenolic OH excluding ortho intramolecular Hbond substituents is 2. The first kappa shape index (κ1) is 14.7. The van der Waals surface area contributed by atoms with Gasteiger partial charge >= 0.3 is 0 Å². The highest BCUT2D eigenvalue weighted by molar-refractivity contribution is 7.59. The van der Waals surface area contributed by atoms with Crippen LogP contribution in [0, 0.1) is 0 Å². The number of rotatable bonds is 1. The van der Waals surface area contributed by atoms with Crippen molar-refractivity contribution in [2.75, 3.05) is 0 Å². The smallest absolute Gasteiger partial charge is 0.123 e. The Labute approximate surface area is 108 Å². The molecule has 0 saturated heterocycles. The predicted octanol–water partition coefficient (Wildman–Crippen LogP) is 2.99. The molecule has 4 heteroatoms. The van der Waals surface area contributed by atoms with Crippen LogP contribution in [0.4, 0.5) is 0 Å². The maximum atomic E-state index is 9.58. The molecule has 2 aromatic rings. The van der Waals surface area contributed by atoms with Gasteiger partial charge in [-0.1, -0.05) is 36.4 Å². The molecule has 2 N–H and O–H groups in total. The second-order valence-electron chi connectivity index (χ2n) is 3.03. The summed E-state index contributed by atoms with van der Waals surface area (Å²) in [6, 6.07) is 13.9. The van der Waals surface area contributed by atoms with Crippen LogP contribution in [0.15, 0.2) is 48.5 Å². The molecular weight excluding hydrogens is 240 g/mol. The second kappa shape index (κ2) is 6.35.